The maximum absolute atomic E-state index is 13.6. The zero-order valence-corrected chi connectivity index (χ0v) is 24.2. The van der Waals surface area contributed by atoms with Crippen LogP contribution in [0.3, 0.4) is 0 Å². The lowest BCUT2D eigenvalue weighted by Gasteiger charge is -2.46. The van der Waals surface area contributed by atoms with Gasteiger partial charge in [0.25, 0.3) is 14.2 Å². The van der Waals surface area contributed by atoms with Gasteiger partial charge in [0.05, 0.1) is 29.8 Å². The Morgan fingerprint density at radius 1 is 0.865 bits per heavy atom. The second-order valence-electron chi connectivity index (χ2n) is 10.2. The first-order valence-corrected chi connectivity index (χ1v) is 15.9. The van der Waals surface area contributed by atoms with Crippen molar-refractivity contribution < 1.29 is 22.5 Å². The van der Waals surface area contributed by atoms with E-state index in [9.17, 15) is 13.2 Å². The number of hydrogen-bond donors (Lipinski definition) is 0. The minimum Gasteiger partial charge on any atom is -0.403 e. The Labute approximate surface area is 222 Å². The van der Waals surface area contributed by atoms with Crippen LogP contribution in [-0.2, 0) is 23.9 Å². The van der Waals surface area contributed by atoms with Gasteiger partial charge in [0.2, 0.25) is 0 Å². The number of benzene rings is 3. The summed E-state index contributed by atoms with van der Waals surface area (Å²) in [5.74, 6) is -1.48. The van der Waals surface area contributed by atoms with Gasteiger partial charge in [-0.1, -0.05) is 107 Å². The number of amides is 1. The highest BCUT2D eigenvalue weighted by Gasteiger charge is 2.53. The predicted molar refractivity (Wildman–Crippen MR) is 150 cm³/mol. The monoisotopic (exact) mass is 539 g/mol. The molecular formula is C29H37NO5SSi. The Kier molecular flexibility index (Phi) is 9.12. The van der Waals surface area contributed by atoms with Gasteiger partial charge in [0.15, 0.2) is 9.84 Å². The van der Waals surface area contributed by atoms with Crippen LogP contribution < -0.4 is 10.4 Å². The SMILES string of the molecule is CON(C)C(=O)[C@@H](C)[C@@H](CS(=O)(=O)c1ccccc1)O[Si](c1ccccc1)(c1ccccc1)C(C)(C)C. The van der Waals surface area contributed by atoms with E-state index >= 15 is 0 Å². The molecule has 0 radical (unpaired) electrons. The van der Waals surface area contributed by atoms with Crippen LogP contribution in [-0.4, -0.2) is 53.7 Å². The van der Waals surface area contributed by atoms with Crippen LogP contribution in [0, 0.1) is 5.92 Å². The highest BCUT2D eigenvalue weighted by molar-refractivity contribution is 7.91. The minimum absolute atomic E-state index is 0.200. The number of hydrogen-bond acceptors (Lipinski definition) is 5. The molecule has 3 rings (SSSR count). The lowest BCUT2D eigenvalue weighted by atomic mass is 10.1. The van der Waals surface area contributed by atoms with E-state index in [2.05, 4.69) is 20.8 Å². The number of carbonyl (C=O) groups excluding carboxylic acids is 1. The Bertz CT molecular complexity index is 1220. The molecule has 0 saturated heterocycles. The largest absolute Gasteiger partial charge is 0.403 e. The molecule has 37 heavy (non-hydrogen) atoms. The molecule has 6 nitrogen and oxygen atoms in total. The molecule has 198 valence electrons. The van der Waals surface area contributed by atoms with Gasteiger partial charge < -0.3 is 4.43 Å². The molecule has 0 unspecified atom stereocenters. The van der Waals surface area contributed by atoms with Gasteiger partial charge in [-0.05, 0) is 27.5 Å². The molecule has 0 spiro atoms. The fourth-order valence-electron chi connectivity index (χ4n) is 4.67. The van der Waals surface area contributed by atoms with Crippen LogP contribution in [0.5, 0.6) is 0 Å². The minimum atomic E-state index is -3.77. The third-order valence-corrected chi connectivity index (χ3v) is 13.6. The van der Waals surface area contributed by atoms with Gasteiger partial charge in [0, 0.05) is 7.05 Å². The van der Waals surface area contributed by atoms with Crippen molar-refractivity contribution in [2.24, 2.45) is 5.92 Å². The zero-order valence-electron chi connectivity index (χ0n) is 22.4. The Morgan fingerprint density at radius 2 is 1.30 bits per heavy atom. The molecule has 0 heterocycles. The molecule has 2 atom stereocenters. The molecule has 0 aromatic heterocycles. The van der Waals surface area contributed by atoms with Gasteiger partial charge in [0.1, 0.15) is 0 Å². The summed E-state index contributed by atoms with van der Waals surface area (Å²) in [5.41, 5.74) is 0. The quantitative estimate of drug-likeness (QED) is 0.287. The summed E-state index contributed by atoms with van der Waals surface area (Å²) in [5, 5.41) is 2.76. The molecule has 0 bridgehead atoms. The average molecular weight is 540 g/mol. The van der Waals surface area contributed by atoms with Crippen molar-refractivity contribution in [3.8, 4) is 0 Å². The molecule has 8 heteroatoms. The van der Waals surface area contributed by atoms with Crippen molar-refractivity contribution in [2.45, 2.75) is 43.7 Å². The number of hydroxylamine groups is 2. The highest BCUT2D eigenvalue weighted by Crippen LogP contribution is 2.39. The first-order chi connectivity index (χ1) is 17.4. The first kappa shape index (κ1) is 28.8. The summed E-state index contributed by atoms with van der Waals surface area (Å²) in [6.07, 6.45) is -0.929. The predicted octanol–water partition coefficient (Wildman–Crippen LogP) is 4.06. The van der Waals surface area contributed by atoms with Crippen molar-refractivity contribution >= 4 is 34.4 Å². The third kappa shape index (κ3) is 6.21. The average Bonchev–Trinajstić information content (AvgIpc) is 2.90. The van der Waals surface area contributed by atoms with Crippen molar-refractivity contribution in [3.63, 3.8) is 0 Å². The summed E-state index contributed by atoms with van der Waals surface area (Å²) < 4.78 is 34.4. The van der Waals surface area contributed by atoms with E-state index in [-0.39, 0.29) is 21.6 Å². The molecule has 1 amide bonds. The molecule has 0 aliphatic rings. The van der Waals surface area contributed by atoms with Crippen LogP contribution >= 0.6 is 0 Å². The summed E-state index contributed by atoms with van der Waals surface area (Å²) in [4.78, 5) is 18.6. The van der Waals surface area contributed by atoms with Crippen LogP contribution in [0.1, 0.15) is 27.7 Å². The molecule has 3 aromatic carbocycles. The Morgan fingerprint density at radius 3 is 1.70 bits per heavy atom. The molecule has 0 aliphatic heterocycles. The van der Waals surface area contributed by atoms with Gasteiger partial charge in [-0.25, -0.2) is 13.5 Å². The van der Waals surface area contributed by atoms with Gasteiger partial charge in [-0.2, -0.15) is 0 Å². The summed E-state index contributed by atoms with van der Waals surface area (Å²) >= 11 is 0. The lowest BCUT2D eigenvalue weighted by molar-refractivity contribution is -0.175. The van der Waals surface area contributed by atoms with E-state index in [1.807, 2.05) is 60.7 Å². The summed E-state index contributed by atoms with van der Waals surface area (Å²) in [7, 11) is -3.99. The van der Waals surface area contributed by atoms with E-state index < -0.39 is 30.2 Å². The maximum atomic E-state index is 13.6. The summed E-state index contributed by atoms with van der Waals surface area (Å²) in [6, 6.07) is 28.3. The van der Waals surface area contributed by atoms with Crippen molar-refractivity contribution in [3.05, 3.63) is 91.0 Å². The van der Waals surface area contributed by atoms with Crippen molar-refractivity contribution in [2.75, 3.05) is 19.9 Å². The van der Waals surface area contributed by atoms with E-state index in [1.54, 1.807) is 37.3 Å². The van der Waals surface area contributed by atoms with Crippen LogP contribution in [0.2, 0.25) is 5.04 Å². The number of nitrogens with zero attached hydrogens (tertiary/aromatic N) is 1. The Balaban J connectivity index is 2.22. The van der Waals surface area contributed by atoms with Gasteiger partial charge in [-0.15, -0.1) is 0 Å². The van der Waals surface area contributed by atoms with Crippen LogP contribution in [0.4, 0.5) is 0 Å². The molecular weight excluding hydrogens is 502 g/mol. The fraction of sp³-hybridized carbons (Fsp3) is 0.345. The van der Waals surface area contributed by atoms with E-state index in [0.717, 1.165) is 15.4 Å². The first-order valence-electron chi connectivity index (χ1n) is 12.3. The summed E-state index contributed by atoms with van der Waals surface area (Å²) in [6.45, 7) is 8.07. The van der Waals surface area contributed by atoms with Crippen LogP contribution in [0.25, 0.3) is 0 Å². The second kappa shape index (κ2) is 11.7. The van der Waals surface area contributed by atoms with Crippen molar-refractivity contribution in [1.29, 1.82) is 0 Å². The van der Waals surface area contributed by atoms with E-state index in [4.69, 9.17) is 9.26 Å². The van der Waals surface area contributed by atoms with E-state index in [1.165, 1.54) is 14.2 Å². The van der Waals surface area contributed by atoms with Crippen LogP contribution in [0.15, 0.2) is 95.9 Å². The molecule has 0 saturated carbocycles. The standard InChI is InChI=1S/C29H37NO5SSi/c1-23(28(31)30(5)34-6)27(22-36(32,33)24-16-10-7-11-17-24)35-37(29(2,3)4,25-18-12-8-13-19-25)26-20-14-9-15-21-26/h7-21,23,27H,22H2,1-6H3/t23-,27+/m0/s1. The third-order valence-electron chi connectivity index (χ3n) is 6.76. The number of sulfone groups is 1. The van der Waals surface area contributed by atoms with Gasteiger partial charge in [-0.3, -0.25) is 9.63 Å². The normalized spacial score (nSPS) is 14.1. The van der Waals surface area contributed by atoms with Gasteiger partial charge >= 0.3 is 0 Å². The Hall–Kier alpha value is -2.78. The second-order valence-corrected chi connectivity index (χ2v) is 16.5. The number of carbonyl (C=O) groups is 1. The number of rotatable bonds is 10. The highest BCUT2D eigenvalue weighted by atomic mass is 32.2. The molecule has 0 aliphatic carbocycles. The molecule has 0 fully saturated rings. The zero-order chi connectivity index (χ0) is 27.3. The molecule has 0 N–H and O–H groups in total. The maximum Gasteiger partial charge on any atom is 0.261 e. The molecule has 3 aromatic rings. The van der Waals surface area contributed by atoms with E-state index in [0.29, 0.717) is 0 Å². The fourth-order valence-corrected chi connectivity index (χ4v) is 11.1. The lowest BCUT2D eigenvalue weighted by Crippen LogP contribution is -2.68. The smallest absolute Gasteiger partial charge is 0.261 e. The van der Waals surface area contributed by atoms with Crippen molar-refractivity contribution in [1.82, 2.24) is 5.06 Å². The topological polar surface area (TPSA) is 72.9 Å².